The van der Waals surface area contributed by atoms with Crippen LogP contribution < -0.4 is 0 Å². The van der Waals surface area contributed by atoms with Crippen molar-refractivity contribution < 1.29 is 9.90 Å². The van der Waals surface area contributed by atoms with Gasteiger partial charge in [-0.05, 0) is 17.7 Å². The summed E-state index contributed by atoms with van der Waals surface area (Å²) in [6.45, 7) is 0. The molecule has 0 spiro atoms. The fourth-order valence-electron chi connectivity index (χ4n) is 1.31. The topological polar surface area (TPSA) is 37.3 Å². The third kappa shape index (κ3) is 1.25. The number of carboxylic acids is 1. The molecule has 0 radical (unpaired) electrons. The van der Waals surface area contributed by atoms with Crippen molar-refractivity contribution in [2.75, 3.05) is 5.75 Å². The molecule has 0 aliphatic carbocycles. The van der Waals surface area contributed by atoms with Gasteiger partial charge in [0.1, 0.15) is 0 Å². The lowest BCUT2D eigenvalue weighted by molar-refractivity contribution is 0.0696. The number of carboxylic acid groups (broad SMARTS) is 1. The highest BCUT2D eigenvalue weighted by Gasteiger charge is 2.19. The molecule has 0 saturated carbocycles. The number of hydrogen-bond acceptors (Lipinski definition) is 3. The Bertz CT molecular complexity index is 317. The smallest absolute Gasteiger partial charge is 0.336 e. The van der Waals surface area contributed by atoms with Crippen molar-refractivity contribution in [3.05, 3.63) is 21.4 Å². The number of thioether (sulfide) groups is 1. The SMILES string of the molecule is O=C(O)c1csc2c1CSCC2. The van der Waals surface area contributed by atoms with Gasteiger partial charge in [-0.2, -0.15) is 11.8 Å². The maximum atomic E-state index is 10.7. The van der Waals surface area contributed by atoms with E-state index in [9.17, 15) is 4.79 Å². The molecule has 0 aromatic carbocycles. The van der Waals surface area contributed by atoms with Crippen molar-refractivity contribution in [3.8, 4) is 0 Å². The zero-order valence-electron chi connectivity index (χ0n) is 6.37. The second kappa shape index (κ2) is 3.11. The van der Waals surface area contributed by atoms with Crippen LogP contribution >= 0.6 is 23.1 Å². The van der Waals surface area contributed by atoms with Crippen molar-refractivity contribution in [2.45, 2.75) is 12.2 Å². The Morgan fingerprint density at radius 3 is 3.17 bits per heavy atom. The molecule has 0 saturated heterocycles. The number of rotatable bonds is 1. The molecule has 1 N–H and O–H groups in total. The van der Waals surface area contributed by atoms with Crippen LogP contribution in [0.4, 0.5) is 0 Å². The van der Waals surface area contributed by atoms with E-state index in [2.05, 4.69) is 0 Å². The third-order valence-electron chi connectivity index (χ3n) is 1.93. The summed E-state index contributed by atoms with van der Waals surface area (Å²) in [4.78, 5) is 12.0. The molecule has 2 nitrogen and oxygen atoms in total. The van der Waals surface area contributed by atoms with Crippen LogP contribution in [0.3, 0.4) is 0 Å². The standard InChI is InChI=1S/C8H8O2S2/c9-8(10)6-4-12-7-1-2-11-3-5(6)7/h4H,1-3H2,(H,9,10). The molecule has 2 rings (SSSR count). The van der Waals surface area contributed by atoms with Crippen LogP contribution in [0.15, 0.2) is 5.38 Å². The van der Waals surface area contributed by atoms with Crippen LogP contribution in [0, 0.1) is 0 Å². The van der Waals surface area contributed by atoms with Gasteiger partial charge in [0.15, 0.2) is 0 Å². The first-order valence-corrected chi connectivity index (χ1v) is 5.73. The zero-order chi connectivity index (χ0) is 8.55. The fourth-order valence-corrected chi connectivity index (χ4v) is 3.60. The van der Waals surface area contributed by atoms with Gasteiger partial charge in [0.05, 0.1) is 5.56 Å². The number of aryl methyl sites for hydroxylation is 1. The second-order valence-electron chi connectivity index (χ2n) is 2.66. The number of aromatic carboxylic acids is 1. The summed E-state index contributed by atoms with van der Waals surface area (Å²) < 4.78 is 0. The number of fused-ring (bicyclic) bond motifs is 1. The van der Waals surface area contributed by atoms with Gasteiger partial charge < -0.3 is 5.11 Å². The second-order valence-corrected chi connectivity index (χ2v) is 4.73. The van der Waals surface area contributed by atoms with Gasteiger partial charge in [0.25, 0.3) is 0 Å². The van der Waals surface area contributed by atoms with Crippen molar-refractivity contribution >= 4 is 29.1 Å². The van der Waals surface area contributed by atoms with Crippen molar-refractivity contribution in [1.82, 2.24) is 0 Å². The normalized spacial score (nSPS) is 15.7. The Labute approximate surface area is 78.6 Å². The summed E-state index contributed by atoms with van der Waals surface area (Å²) in [6.07, 6.45) is 1.04. The molecule has 4 heteroatoms. The highest BCUT2D eigenvalue weighted by molar-refractivity contribution is 7.98. The lowest BCUT2D eigenvalue weighted by Gasteiger charge is -2.10. The number of hydrogen-bond donors (Lipinski definition) is 1. The largest absolute Gasteiger partial charge is 0.478 e. The maximum Gasteiger partial charge on any atom is 0.336 e. The molecule has 1 aliphatic heterocycles. The van der Waals surface area contributed by atoms with Crippen LogP contribution in [0.5, 0.6) is 0 Å². The van der Waals surface area contributed by atoms with Gasteiger partial charge in [-0.25, -0.2) is 4.79 Å². The van der Waals surface area contributed by atoms with E-state index in [0.29, 0.717) is 5.56 Å². The van der Waals surface area contributed by atoms with Crippen molar-refractivity contribution in [2.24, 2.45) is 0 Å². The Hall–Kier alpha value is -0.480. The summed E-state index contributed by atoms with van der Waals surface area (Å²) in [5.74, 6) is 1.22. The van der Waals surface area contributed by atoms with Crippen LogP contribution in [0.1, 0.15) is 20.8 Å². The van der Waals surface area contributed by atoms with Crippen molar-refractivity contribution in [3.63, 3.8) is 0 Å². The Morgan fingerprint density at radius 2 is 2.42 bits per heavy atom. The lowest BCUT2D eigenvalue weighted by atomic mass is 10.1. The fraction of sp³-hybridized carbons (Fsp3) is 0.375. The minimum Gasteiger partial charge on any atom is -0.478 e. The Balaban J connectivity index is 2.44. The monoisotopic (exact) mass is 200 g/mol. The van der Waals surface area contributed by atoms with Crippen molar-refractivity contribution in [1.29, 1.82) is 0 Å². The van der Waals surface area contributed by atoms with E-state index in [4.69, 9.17) is 5.11 Å². The van der Waals surface area contributed by atoms with Gasteiger partial charge in [-0.15, -0.1) is 11.3 Å². The summed E-state index contributed by atoms with van der Waals surface area (Å²) in [5.41, 5.74) is 1.57. The molecule has 0 unspecified atom stereocenters. The quantitative estimate of drug-likeness (QED) is 0.755. The predicted molar refractivity (Wildman–Crippen MR) is 51.1 cm³/mol. The first kappa shape index (κ1) is 8.13. The van der Waals surface area contributed by atoms with E-state index in [0.717, 1.165) is 23.5 Å². The number of thiophene rings is 1. The summed E-state index contributed by atoms with van der Waals surface area (Å²) >= 11 is 3.40. The highest BCUT2D eigenvalue weighted by atomic mass is 32.2. The number of carbonyl (C=O) groups is 1. The van der Waals surface area contributed by atoms with Gasteiger partial charge >= 0.3 is 5.97 Å². The molecule has 2 heterocycles. The van der Waals surface area contributed by atoms with Gasteiger partial charge in [-0.3, -0.25) is 0 Å². The molecule has 1 aromatic rings. The minimum atomic E-state index is -0.782. The van der Waals surface area contributed by atoms with Gasteiger partial charge in [0.2, 0.25) is 0 Å². The zero-order valence-corrected chi connectivity index (χ0v) is 8.00. The van der Waals surface area contributed by atoms with Crippen LogP contribution in [0.2, 0.25) is 0 Å². The summed E-state index contributed by atoms with van der Waals surface area (Å²) in [5, 5.41) is 10.6. The third-order valence-corrected chi connectivity index (χ3v) is 4.01. The first-order valence-electron chi connectivity index (χ1n) is 3.69. The molecule has 0 amide bonds. The molecular weight excluding hydrogens is 192 g/mol. The van der Waals surface area contributed by atoms with Gasteiger partial charge in [0, 0.05) is 16.0 Å². The summed E-state index contributed by atoms with van der Waals surface area (Å²) in [6, 6.07) is 0. The van der Waals surface area contributed by atoms with E-state index in [1.807, 2.05) is 11.8 Å². The average molecular weight is 200 g/mol. The lowest BCUT2D eigenvalue weighted by Crippen LogP contribution is -2.04. The molecule has 64 valence electrons. The van der Waals surface area contributed by atoms with Crippen LogP contribution in [-0.2, 0) is 12.2 Å². The van der Waals surface area contributed by atoms with E-state index >= 15 is 0 Å². The molecule has 1 aliphatic rings. The van der Waals surface area contributed by atoms with Gasteiger partial charge in [-0.1, -0.05) is 0 Å². The molecule has 0 fully saturated rings. The highest BCUT2D eigenvalue weighted by Crippen LogP contribution is 2.32. The Morgan fingerprint density at radius 1 is 1.58 bits per heavy atom. The summed E-state index contributed by atoms with van der Waals surface area (Å²) in [7, 11) is 0. The van der Waals surface area contributed by atoms with E-state index in [-0.39, 0.29) is 0 Å². The van der Waals surface area contributed by atoms with Crippen LogP contribution in [-0.4, -0.2) is 16.8 Å². The predicted octanol–water partition coefficient (Wildman–Crippen LogP) is 2.24. The van der Waals surface area contributed by atoms with E-state index in [1.54, 1.807) is 16.7 Å². The first-order chi connectivity index (χ1) is 5.79. The maximum absolute atomic E-state index is 10.7. The molecule has 0 atom stereocenters. The average Bonchev–Trinajstić information content (AvgIpc) is 2.47. The van der Waals surface area contributed by atoms with E-state index < -0.39 is 5.97 Å². The van der Waals surface area contributed by atoms with E-state index in [1.165, 1.54) is 4.88 Å². The molecule has 12 heavy (non-hydrogen) atoms. The minimum absolute atomic E-state index is 0.516. The molecule has 0 bridgehead atoms. The molecular formula is C8H8O2S2. The Kier molecular flexibility index (Phi) is 2.11. The van der Waals surface area contributed by atoms with Crippen LogP contribution in [0.25, 0.3) is 0 Å². The molecule has 1 aromatic heterocycles.